The molecule has 2 aromatic rings. The lowest BCUT2D eigenvalue weighted by atomic mass is 9.76. The number of aromatic nitrogens is 1. The van der Waals surface area contributed by atoms with Gasteiger partial charge < -0.3 is 9.84 Å². The molecule has 3 amide bonds. The summed E-state index contributed by atoms with van der Waals surface area (Å²) in [4.78, 5) is 26.7. The van der Waals surface area contributed by atoms with E-state index >= 15 is 0 Å². The van der Waals surface area contributed by atoms with E-state index in [-0.39, 0.29) is 18.5 Å². The summed E-state index contributed by atoms with van der Waals surface area (Å²) in [5.41, 5.74) is 1.84. The Balaban J connectivity index is 1.70. The first-order valence-corrected chi connectivity index (χ1v) is 7.75. The number of hydrogen-bond donors (Lipinski definition) is 1. The Morgan fingerprint density at radius 2 is 2.17 bits per heavy atom. The number of nitrogens with one attached hydrogen (secondary N) is 1. The number of hydrogen-bond acceptors (Lipinski definition) is 4. The molecule has 1 aliphatic heterocycles. The van der Waals surface area contributed by atoms with Gasteiger partial charge in [0.15, 0.2) is 5.76 Å². The molecule has 6 nitrogen and oxygen atoms in total. The number of fused-ring (bicyclic) bond motifs is 2. The van der Waals surface area contributed by atoms with Crippen LogP contribution in [0.2, 0.25) is 0 Å². The molecule has 0 unspecified atom stereocenters. The Hall–Kier alpha value is -2.63. The maximum Gasteiger partial charge on any atom is 0.325 e. The van der Waals surface area contributed by atoms with E-state index in [2.05, 4.69) is 10.5 Å². The number of imide groups is 1. The number of carbonyl (C=O) groups is 2. The molecule has 1 aliphatic carbocycles. The Labute approximate surface area is 133 Å². The van der Waals surface area contributed by atoms with E-state index in [1.165, 1.54) is 4.90 Å². The molecule has 0 saturated carbocycles. The van der Waals surface area contributed by atoms with E-state index < -0.39 is 5.54 Å². The average molecular weight is 311 g/mol. The van der Waals surface area contributed by atoms with E-state index in [1.807, 2.05) is 24.3 Å². The number of aryl methyl sites for hydroxylation is 2. The topological polar surface area (TPSA) is 75.4 Å². The largest absolute Gasteiger partial charge is 0.359 e. The monoisotopic (exact) mass is 311 g/mol. The van der Waals surface area contributed by atoms with Crippen LogP contribution < -0.4 is 5.32 Å². The SMILES string of the molecule is Cc1cc(CN2C(=O)N[C@]3(CCCc4ccccc43)C2=O)on1. The molecule has 6 heteroatoms. The van der Waals surface area contributed by atoms with Crippen LogP contribution in [0.25, 0.3) is 0 Å². The van der Waals surface area contributed by atoms with Gasteiger partial charge in [-0.2, -0.15) is 0 Å². The third-order valence-corrected chi connectivity index (χ3v) is 4.64. The molecule has 0 bridgehead atoms. The lowest BCUT2D eigenvalue weighted by Crippen LogP contribution is -2.46. The summed E-state index contributed by atoms with van der Waals surface area (Å²) in [7, 11) is 0. The second-order valence-corrected chi connectivity index (χ2v) is 6.17. The first-order valence-electron chi connectivity index (χ1n) is 7.75. The fourth-order valence-corrected chi connectivity index (χ4v) is 3.60. The zero-order valence-electron chi connectivity index (χ0n) is 12.8. The van der Waals surface area contributed by atoms with Gasteiger partial charge in [0.1, 0.15) is 5.54 Å². The van der Waals surface area contributed by atoms with Gasteiger partial charge in [-0.05, 0) is 37.3 Å². The van der Waals surface area contributed by atoms with Crippen molar-refractivity contribution in [3.8, 4) is 0 Å². The van der Waals surface area contributed by atoms with Crippen molar-refractivity contribution in [1.29, 1.82) is 0 Å². The molecule has 2 heterocycles. The van der Waals surface area contributed by atoms with Crippen LogP contribution in [0.5, 0.6) is 0 Å². The summed E-state index contributed by atoms with van der Waals surface area (Å²) < 4.78 is 5.14. The average Bonchev–Trinajstić information content (AvgIpc) is 3.06. The smallest absolute Gasteiger partial charge is 0.325 e. The van der Waals surface area contributed by atoms with Crippen LogP contribution in [-0.2, 0) is 23.3 Å². The summed E-state index contributed by atoms with van der Waals surface area (Å²) in [5, 5.41) is 6.73. The van der Waals surface area contributed by atoms with Crippen LogP contribution in [0.4, 0.5) is 4.79 Å². The number of urea groups is 1. The maximum atomic E-state index is 13.0. The lowest BCUT2D eigenvalue weighted by molar-refractivity contribution is -0.132. The molecule has 1 fully saturated rings. The van der Waals surface area contributed by atoms with Crippen molar-refractivity contribution in [1.82, 2.24) is 15.4 Å². The highest BCUT2D eigenvalue weighted by Gasteiger charge is 2.53. The maximum absolute atomic E-state index is 13.0. The van der Waals surface area contributed by atoms with Crippen molar-refractivity contribution < 1.29 is 14.1 Å². The van der Waals surface area contributed by atoms with Crippen molar-refractivity contribution in [3.05, 3.63) is 52.9 Å². The summed E-state index contributed by atoms with van der Waals surface area (Å²) >= 11 is 0. The molecule has 0 radical (unpaired) electrons. The number of nitrogens with zero attached hydrogens (tertiary/aromatic N) is 2. The van der Waals surface area contributed by atoms with Gasteiger partial charge >= 0.3 is 6.03 Å². The van der Waals surface area contributed by atoms with Crippen molar-refractivity contribution in [2.24, 2.45) is 0 Å². The van der Waals surface area contributed by atoms with Gasteiger partial charge in [-0.1, -0.05) is 29.4 Å². The minimum Gasteiger partial charge on any atom is -0.359 e. The van der Waals surface area contributed by atoms with Gasteiger partial charge in [0.05, 0.1) is 12.2 Å². The molecule has 1 N–H and O–H groups in total. The third-order valence-electron chi connectivity index (χ3n) is 4.64. The lowest BCUT2D eigenvalue weighted by Gasteiger charge is -2.33. The van der Waals surface area contributed by atoms with E-state index in [0.29, 0.717) is 12.2 Å². The normalized spacial score (nSPS) is 23.3. The number of benzene rings is 1. The summed E-state index contributed by atoms with van der Waals surface area (Å²) in [6.45, 7) is 1.91. The van der Waals surface area contributed by atoms with Gasteiger partial charge in [-0.15, -0.1) is 0 Å². The van der Waals surface area contributed by atoms with Crippen molar-refractivity contribution in [3.63, 3.8) is 0 Å². The molecule has 1 saturated heterocycles. The van der Waals surface area contributed by atoms with Gasteiger partial charge in [-0.3, -0.25) is 9.69 Å². The van der Waals surface area contributed by atoms with Crippen molar-refractivity contribution in [2.75, 3.05) is 0 Å². The quantitative estimate of drug-likeness (QED) is 0.863. The van der Waals surface area contributed by atoms with E-state index in [0.717, 1.165) is 29.7 Å². The zero-order chi connectivity index (χ0) is 16.0. The molecule has 1 atom stereocenters. The van der Waals surface area contributed by atoms with Crippen LogP contribution in [0.1, 0.15) is 35.4 Å². The van der Waals surface area contributed by atoms with Crippen LogP contribution >= 0.6 is 0 Å². The third kappa shape index (κ3) is 2.05. The highest BCUT2D eigenvalue weighted by atomic mass is 16.5. The van der Waals surface area contributed by atoms with E-state index in [9.17, 15) is 9.59 Å². The highest BCUT2D eigenvalue weighted by Crippen LogP contribution is 2.40. The van der Waals surface area contributed by atoms with Crippen LogP contribution in [0, 0.1) is 6.92 Å². The molecule has 23 heavy (non-hydrogen) atoms. The molecule has 4 rings (SSSR count). The second-order valence-electron chi connectivity index (χ2n) is 6.17. The zero-order valence-corrected chi connectivity index (χ0v) is 12.8. The summed E-state index contributed by atoms with van der Waals surface area (Å²) in [5.74, 6) is 0.302. The summed E-state index contributed by atoms with van der Waals surface area (Å²) in [6.07, 6.45) is 2.43. The molecular formula is C17H17N3O3. The molecule has 1 aromatic carbocycles. The number of carbonyl (C=O) groups excluding carboxylic acids is 2. The predicted octanol–water partition coefficient (Wildman–Crippen LogP) is 2.27. The van der Waals surface area contributed by atoms with Gasteiger partial charge in [0.2, 0.25) is 0 Å². The minimum absolute atomic E-state index is 0.107. The molecular weight excluding hydrogens is 294 g/mol. The highest BCUT2D eigenvalue weighted by molar-refractivity contribution is 6.07. The van der Waals surface area contributed by atoms with Crippen LogP contribution in [0.15, 0.2) is 34.9 Å². The first kappa shape index (κ1) is 14.0. The minimum atomic E-state index is -0.930. The molecule has 1 spiro atoms. The fraction of sp³-hybridized carbons (Fsp3) is 0.353. The summed E-state index contributed by atoms with van der Waals surface area (Å²) in [6, 6.07) is 9.20. The Morgan fingerprint density at radius 3 is 2.96 bits per heavy atom. The fourth-order valence-electron chi connectivity index (χ4n) is 3.60. The standard InChI is InChI=1S/C17H17N3O3/c1-11-9-13(23-19-11)10-20-15(21)17(18-16(20)22)8-4-6-12-5-2-3-7-14(12)17/h2-3,5,7,9H,4,6,8,10H2,1H3,(H,18,22)/t17-/m0/s1. The van der Waals surface area contributed by atoms with Gasteiger partial charge in [0, 0.05) is 6.07 Å². The van der Waals surface area contributed by atoms with Crippen LogP contribution in [0.3, 0.4) is 0 Å². The van der Waals surface area contributed by atoms with Crippen molar-refractivity contribution in [2.45, 2.75) is 38.3 Å². The first-order chi connectivity index (χ1) is 11.1. The Kier molecular flexibility index (Phi) is 3.01. The molecule has 118 valence electrons. The predicted molar refractivity (Wildman–Crippen MR) is 81.4 cm³/mol. The molecule has 2 aliphatic rings. The van der Waals surface area contributed by atoms with Crippen molar-refractivity contribution >= 4 is 11.9 Å². The second kappa shape index (κ2) is 4.94. The van der Waals surface area contributed by atoms with E-state index in [4.69, 9.17) is 4.52 Å². The number of amides is 3. The van der Waals surface area contributed by atoms with E-state index in [1.54, 1.807) is 13.0 Å². The Bertz CT molecular complexity index is 798. The van der Waals surface area contributed by atoms with Gasteiger partial charge in [-0.25, -0.2) is 4.79 Å². The van der Waals surface area contributed by atoms with Crippen LogP contribution in [-0.4, -0.2) is 22.0 Å². The van der Waals surface area contributed by atoms with Gasteiger partial charge in [0.25, 0.3) is 5.91 Å². The molecule has 1 aromatic heterocycles. The number of rotatable bonds is 2. The Morgan fingerprint density at radius 1 is 1.35 bits per heavy atom.